The van der Waals surface area contributed by atoms with Crippen molar-refractivity contribution in [2.45, 2.75) is 83.8 Å². The minimum Gasteiger partial charge on any atom is -0.461 e. The molecule has 6 heterocycles. The van der Waals surface area contributed by atoms with Gasteiger partial charge in [0, 0.05) is 48.8 Å². The number of nitrogens with zero attached hydrogens (tertiary/aromatic N) is 5. The minimum absolute atomic E-state index is 0.000597. The Bertz CT molecular complexity index is 1680. The highest BCUT2D eigenvalue weighted by Gasteiger charge is 2.45. The Hall–Kier alpha value is -2.90. The molecule has 0 radical (unpaired) electrons. The molecule has 2 unspecified atom stereocenters. The highest BCUT2D eigenvalue weighted by molar-refractivity contribution is 7.22. The molecule has 9 nitrogen and oxygen atoms in total. The maximum Gasteiger partial charge on any atom is 0.319 e. The van der Waals surface area contributed by atoms with Crippen LogP contribution in [0.15, 0.2) is 18.2 Å². The van der Waals surface area contributed by atoms with Gasteiger partial charge in [-0.15, -0.1) is 0 Å². The van der Waals surface area contributed by atoms with Gasteiger partial charge in [-0.2, -0.15) is 9.97 Å². The molecule has 0 saturated carbocycles. The first-order chi connectivity index (χ1) is 22.9. The quantitative estimate of drug-likeness (QED) is 0.203. The van der Waals surface area contributed by atoms with Crippen molar-refractivity contribution in [2.75, 3.05) is 50.5 Å². The van der Waals surface area contributed by atoms with Crippen LogP contribution in [0.5, 0.6) is 6.01 Å². The molecule has 2 atom stereocenters. The predicted molar refractivity (Wildman–Crippen MR) is 189 cm³/mol. The second-order valence-corrected chi connectivity index (χ2v) is 13.3. The number of thiazole rings is 1. The molecule has 0 amide bonds. The van der Waals surface area contributed by atoms with Crippen molar-refractivity contribution in [2.24, 2.45) is 0 Å². The van der Waals surface area contributed by atoms with E-state index in [0.29, 0.717) is 35.5 Å². The van der Waals surface area contributed by atoms with Crippen LogP contribution < -0.4 is 20.7 Å². The highest BCUT2D eigenvalue weighted by atomic mass is 35.5. The Balaban J connectivity index is 0.000000686. The summed E-state index contributed by atoms with van der Waals surface area (Å²) in [4.78, 5) is 18.6. The zero-order valence-corrected chi connectivity index (χ0v) is 29.4. The van der Waals surface area contributed by atoms with Crippen molar-refractivity contribution in [3.63, 3.8) is 0 Å². The Kier molecular flexibility index (Phi) is 11.4. The van der Waals surface area contributed by atoms with Crippen molar-refractivity contribution < 1.29 is 18.6 Å². The number of nitrogens with two attached hydrogens (primary N) is 1. The van der Waals surface area contributed by atoms with Gasteiger partial charge in [0.05, 0.1) is 20.8 Å². The summed E-state index contributed by atoms with van der Waals surface area (Å²) in [5.41, 5.74) is 6.79. The maximum atomic E-state index is 16.7. The van der Waals surface area contributed by atoms with Gasteiger partial charge in [-0.3, -0.25) is 4.90 Å². The standard InChI is InChI=1S/C29H30ClF2N7OS.2C2H6.CH4O/c30-19-11-18-23(22(32)21(19)17-5-6-20(31)25-24(17)35-27(33)41-25)36-28(40-14-29-7-1-9-39(29)10-2-8-29)37-26(18)38-12-15-3-4-16(13-38)34-15;3*1-2/h5-6,11,15-16,34H,1-4,7-10,12-14H2,(H2,33,35);2*1-2H3;2H,1H3. The molecule has 2 bridgehead atoms. The number of nitrogen functional groups attached to an aromatic ring is 1. The van der Waals surface area contributed by atoms with Crippen molar-refractivity contribution in [1.82, 2.24) is 25.2 Å². The number of anilines is 2. The molecule has 13 heteroatoms. The zero-order chi connectivity index (χ0) is 33.9. The van der Waals surface area contributed by atoms with Crippen molar-refractivity contribution in [3.8, 4) is 17.1 Å². The fourth-order valence-electron chi connectivity index (χ4n) is 7.54. The fraction of sp³-hybridized carbons (Fsp3) is 0.559. The lowest BCUT2D eigenvalue weighted by atomic mass is 9.95. The van der Waals surface area contributed by atoms with Crippen LogP contribution in [0.2, 0.25) is 5.02 Å². The maximum absolute atomic E-state index is 16.7. The number of aromatic nitrogens is 3. The summed E-state index contributed by atoms with van der Waals surface area (Å²) >= 11 is 7.83. The number of aliphatic hydroxyl groups is 1. The van der Waals surface area contributed by atoms with Crippen molar-refractivity contribution in [1.29, 1.82) is 0 Å². The minimum atomic E-state index is -0.611. The van der Waals surface area contributed by atoms with Gasteiger partial charge in [-0.1, -0.05) is 50.6 Å². The lowest BCUT2D eigenvalue weighted by Gasteiger charge is -2.35. The number of ether oxygens (including phenoxy) is 1. The van der Waals surface area contributed by atoms with Gasteiger partial charge in [-0.05, 0) is 69.8 Å². The fourth-order valence-corrected chi connectivity index (χ4v) is 8.59. The van der Waals surface area contributed by atoms with Crippen molar-refractivity contribution in [3.05, 3.63) is 34.9 Å². The third-order valence-electron chi connectivity index (χ3n) is 9.42. The van der Waals surface area contributed by atoms with Gasteiger partial charge in [-0.25, -0.2) is 13.8 Å². The number of nitrogens with one attached hydrogen (secondary N) is 1. The van der Waals surface area contributed by atoms with Gasteiger partial charge < -0.3 is 25.8 Å². The molecule has 4 aromatic rings. The third kappa shape index (κ3) is 6.59. The van der Waals surface area contributed by atoms with Gasteiger partial charge in [0.2, 0.25) is 0 Å². The Morgan fingerprint density at radius 2 is 1.68 bits per heavy atom. The first-order valence-electron chi connectivity index (χ1n) is 16.8. The van der Waals surface area contributed by atoms with E-state index in [1.54, 1.807) is 6.07 Å². The van der Waals surface area contributed by atoms with Crippen LogP contribution in [0.25, 0.3) is 32.2 Å². The molecule has 47 heavy (non-hydrogen) atoms. The summed E-state index contributed by atoms with van der Waals surface area (Å²) in [6.07, 6.45) is 6.67. The Morgan fingerprint density at radius 3 is 2.34 bits per heavy atom. The normalized spacial score (nSPS) is 21.0. The number of rotatable bonds is 5. The SMILES string of the molecule is CC.CC.CO.Nc1nc2c(-c3c(Cl)cc4c(N5CC6CCC(C5)N6)nc(OCC56CCCN5CCC6)nc4c3F)ccc(F)c2s1. The van der Waals surface area contributed by atoms with E-state index < -0.39 is 11.6 Å². The Labute approximate surface area is 284 Å². The van der Waals surface area contributed by atoms with E-state index in [0.717, 1.165) is 83.2 Å². The number of fused-ring (bicyclic) bond motifs is 5. The second kappa shape index (κ2) is 15.1. The molecule has 0 spiro atoms. The molecular weight excluding hydrogens is 644 g/mol. The van der Waals surface area contributed by atoms with E-state index in [9.17, 15) is 4.39 Å². The van der Waals surface area contributed by atoms with E-state index in [2.05, 4.69) is 25.1 Å². The van der Waals surface area contributed by atoms with Crippen molar-refractivity contribution >= 4 is 55.0 Å². The number of piperazine rings is 1. The van der Waals surface area contributed by atoms with Crippen LogP contribution in [-0.4, -0.2) is 82.5 Å². The number of hydrogen-bond acceptors (Lipinski definition) is 10. The molecular formula is C34H46ClF2N7O2S. The molecule has 0 aliphatic carbocycles. The average Bonchev–Trinajstić information content (AvgIpc) is 3.87. The van der Waals surface area contributed by atoms with E-state index in [-0.39, 0.29) is 43.0 Å². The molecule has 4 aliphatic rings. The molecule has 2 aromatic carbocycles. The molecule has 256 valence electrons. The number of halogens is 3. The largest absolute Gasteiger partial charge is 0.461 e. The smallest absolute Gasteiger partial charge is 0.319 e. The summed E-state index contributed by atoms with van der Waals surface area (Å²) < 4.78 is 37.9. The van der Waals surface area contributed by atoms with Crippen LogP contribution >= 0.6 is 22.9 Å². The first kappa shape index (κ1) is 35.4. The summed E-state index contributed by atoms with van der Waals surface area (Å²) in [6.45, 7) is 12.2. The summed E-state index contributed by atoms with van der Waals surface area (Å²) in [5.74, 6) is -0.443. The van der Waals surface area contributed by atoms with E-state index in [1.165, 1.54) is 12.1 Å². The number of benzene rings is 2. The first-order valence-corrected chi connectivity index (χ1v) is 18.0. The van der Waals surface area contributed by atoms with Crippen LogP contribution in [0.1, 0.15) is 66.2 Å². The third-order valence-corrected chi connectivity index (χ3v) is 10.6. The molecule has 4 fully saturated rings. The lowest BCUT2D eigenvalue weighted by molar-refractivity contribution is 0.108. The molecule has 4 N–H and O–H groups in total. The van der Waals surface area contributed by atoms with E-state index in [1.807, 2.05) is 27.7 Å². The second-order valence-electron chi connectivity index (χ2n) is 11.8. The topological polar surface area (TPSA) is 113 Å². The Morgan fingerprint density at radius 1 is 1.02 bits per heavy atom. The highest BCUT2D eigenvalue weighted by Crippen LogP contribution is 2.44. The molecule has 4 aliphatic heterocycles. The van der Waals surface area contributed by atoms with Gasteiger partial charge >= 0.3 is 6.01 Å². The van der Waals surface area contributed by atoms with E-state index >= 15 is 4.39 Å². The summed E-state index contributed by atoms with van der Waals surface area (Å²) in [5, 5.41) is 11.6. The lowest BCUT2D eigenvalue weighted by Crippen LogP contribution is -2.51. The van der Waals surface area contributed by atoms with Gasteiger partial charge in [0.15, 0.2) is 10.9 Å². The number of aliphatic hydroxyl groups excluding tert-OH is 1. The molecule has 4 saturated heterocycles. The van der Waals surface area contributed by atoms with Crippen LogP contribution in [0.4, 0.5) is 19.7 Å². The van der Waals surface area contributed by atoms with E-state index in [4.69, 9.17) is 32.2 Å². The predicted octanol–water partition coefficient (Wildman–Crippen LogP) is 7.03. The van der Waals surface area contributed by atoms with Crippen LogP contribution in [0, 0.1) is 11.6 Å². The van der Waals surface area contributed by atoms with Gasteiger partial charge in [0.25, 0.3) is 0 Å². The van der Waals surface area contributed by atoms with Crippen LogP contribution in [-0.2, 0) is 0 Å². The monoisotopic (exact) mass is 689 g/mol. The molecule has 8 rings (SSSR count). The summed E-state index contributed by atoms with van der Waals surface area (Å²) in [6, 6.07) is 5.39. The number of hydrogen-bond donors (Lipinski definition) is 3. The van der Waals surface area contributed by atoms with Gasteiger partial charge in [0.1, 0.15) is 23.8 Å². The zero-order valence-electron chi connectivity index (χ0n) is 27.9. The summed E-state index contributed by atoms with van der Waals surface area (Å²) in [7, 11) is 1.00. The average molecular weight is 690 g/mol. The van der Waals surface area contributed by atoms with Crippen LogP contribution in [0.3, 0.4) is 0 Å². The molecule has 2 aromatic heterocycles.